The van der Waals surface area contributed by atoms with Crippen molar-refractivity contribution >= 4 is 51.9 Å². The molecule has 1 aliphatic heterocycles. The van der Waals surface area contributed by atoms with E-state index in [1.165, 1.54) is 11.1 Å². The van der Waals surface area contributed by atoms with Gasteiger partial charge in [0.15, 0.2) is 0 Å². The lowest BCUT2D eigenvalue weighted by molar-refractivity contribution is -0.127. The molecule has 2 heterocycles. The highest BCUT2D eigenvalue weighted by molar-refractivity contribution is 6.45. The van der Waals surface area contributed by atoms with E-state index in [0.717, 1.165) is 0 Å². The smallest absolute Gasteiger partial charge is 0.338 e. The number of ketones is 1. The minimum Gasteiger partial charge on any atom is -0.462 e. The maximum absolute atomic E-state index is 13.2. The maximum Gasteiger partial charge on any atom is 0.338 e. The first-order valence-corrected chi connectivity index (χ1v) is 13.8. The summed E-state index contributed by atoms with van der Waals surface area (Å²) in [6.07, 6.45) is 9.46. The summed E-state index contributed by atoms with van der Waals surface area (Å²) in [6.45, 7) is 3.14. The van der Waals surface area contributed by atoms with E-state index in [1.807, 2.05) is 6.07 Å². The highest BCUT2D eigenvalue weighted by Gasteiger charge is 2.30. The summed E-state index contributed by atoms with van der Waals surface area (Å²) in [5, 5.41) is 5.93. The quantitative estimate of drug-likeness (QED) is 0.126. The molecule has 3 aromatic carbocycles. The molecule has 0 radical (unpaired) electrons. The predicted molar refractivity (Wildman–Crippen MR) is 166 cm³/mol. The van der Waals surface area contributed by atoms with Crippen LogP contribution in [0.5, 0.6) is 0 Å². The van der Waals surface area contributed by atoms with Crippen molar-refractivity contribution in [1.29, 1.82) is 0 Å². The van der Waals surface area contributed by atoms with Gasteiger partial charge >= 0.3 is 12.0 Å². The van der Waals surface area contributed by atoms with Crippen LogP contribution in [0.3, 0.4) is 0 Å². The number of esters is 1. The molecular formula is C33H31N5O6. The van der Waals surface area contributed by atoms with Crippen LogP contribution in [0, 0.1) is 12.8 Å². The molecule has 4 amide bonds. The number of aromatic amines is 1. The number of hydrogen-bond acceptors (Lipinski definition) is 6. The summed E-state index contributed by atoms with van der Waals surface area (Å²) in [5.41, 5.74) is 2.50. The molecule has 5 rings (SSSR count). The monoisotopic (exact) mass is 593 g/mol. The van der Waals surface area contributed by atoms with Gasteiger partial charge in [0.2, 0.25) is 0 Å². The van der Waals surface area contributed by atoms with Crippen LogP contribution in [0.2, 0.25) is 0 Å². The lowest BCUT2D eigenvalue weighted by atomic mass is 10.1. The van der Waals surface area contributed by atoms with Crippen LogP contribution < -0.4 is 10.6 Å². The molecule has 1 aromatic heterocycles. The number of nitrogens with one attached hydrogen (secondary N) is 3. The number of rotatable bonds is 7. The third kappa shape index (κ3) is 6.94. The number of carbonyl (C=O) groups excluding carboxylic acids is 5. The predicted octanol–water partition coefficient (Wildman–Crippen LogP) is 4.41. The van der Waals surface area contributed by atoms with E-state index >= 15 is 0 Å². The van der Waals surface area contributed by atoms with E-state index in [2.05, 4.69) is 28.5 Å². The summed E-state index contributed by atoms with van der Waals surface area (Å²) in [5.74, 6) is -1.88. The first-order chi connectivity index (χ1) is 21.4. The van der Waals surface area contributed by atoms with Crippen molar-refractivity contribution in [3.05, 3.63) is 95.7 Å². The average Bonchev–Trinajstić information content (AvgIpc) is 3.51. The highest BCUT2D eigenvalue weighted by Crippen LogP contribution is 2.27. The second-order valence-corrected chi connectivity index (χ2v) is 9.59. The Bertz CT molecular complexity index is 1690. The fraction of sp³-hybridized carbons (Fsp3) is 0.182. The van der Waals surface area contributed by atoms with Crippen molar-refractivity contribution in [2.24, 2.45) is 0 Å². The van der Waals surface area contributed by atoms with Gasteiger partial charge in [0.1, 0.15) is 0 Å². The van der Waals surface area contributed by atoms with Gasteiger partial charge in [-0.15, -0.1) is 12.8 Å². The molecule has 224 valence electrons. The zero-order valence-corrected chi connectivity index (χ0v) is 24.0. The van der Waals surface area contributed by atoms with E-state index in [-0.39, 0.29) is 31.2 Å². The van der Waals surface area contributed by atoms with Crippen LogP contribution in [0.1, 0.15) is 38.0 Å². The van der Waals surface area contributed by atoms with Crippen LogP contribution in [0.4, 0.5) is 16.2 Å². The van der Waals surface area contributed by atoms with E-state index in [9.17, 15) is 24.0 Å². The van der Waals surface area contributed by atoms with Crippen LogP contribution in [0.15, 0.2) is 79.0 Å². The van der Waals surface area contributed by atoms with Gasteiger partial charge in [0.25, 0.3) is 17.6 Å². The number of Topliss-reactive ketones (excluding diaryl/α,β-unsaturated/α-hetero) is 1. The van der Waals surface area contributed by atoms with Gasteiger partial charge in [-0.2, -0.15) is 0 Å². The summed E-state index contributed by atoms with van der Waals surface area (Å²) < 4.78 is 4.96. The van der Waals surface area contributed by atoms with Crippen LogP contribution in [0.25, 0.3) is 10.9 Å². The largest absolute Gasteiger partial charge is 0.462 e. The Morgan fingerprint density at radius 2 is 1.45 bits per heavy atom. The molecule has 0 spiro atoms. The lowest BCUT2D eigenvalue weighted by Crippen LogP contribution is -2.52. The van der Waals surface area contributed by atoms with E-state index in [1.54, 1.807) is 78.6 Å². The van der Waals surface area contributed by atoms with E-state index in [0.29, 0.717) is 46.5 Å². The van der Waals surface area contributed by atoms with Gasteiger partial charge < -0.3 is 30.2 Å². The molecule has 0 atom stereocenters. The van der Waals surface area contributed by atoms with Crippen molar-refractivity contribution in [2.45, 2.75) is 6.92 Å². The molecule has 1 saturated heterocycles. The standard InChI is InChI=1S/C31H29N5O6.C2H2/c1-2-42-30(40)21-11-13-22(14-12-21)33-31(41)34-25-10-6-9-23-24(19-32-26(23)25)27(37)29(39)36-17-15-35(16-18-36)28(38)20-7-4-3-5-8-20;1-2/h3-14,19,32H,2,15-18H2,1H3,(H2,33,34,41);1-2H. The Labute approximate surface area is 254 Å². The Balaban J connectivity index is 0.00000216. The number of fused-ring (bicyclic) bond motifs is 1. The zero-order chi connectivity index (χ0) is 31.6. The second kappa shape index (κ2) is 14.3. The van der Waals surface area contributed by atoms with Crippen LogP contribution in [-0.2, 0) is 9.53 Å². The van der Waals surface area contributed by atoms with Crippen LogP contribution >= 0.6 is 0 Å². The summed E-state index contributed by atoms with van der Waals surface area (Å²) in [4.78, 5) is 69.7. The van der Waals surface area contributed by atoms with E-state index in [4.69, 9.17) is 4.74 Å². The lowest BCUT2D eigenvalue weighted by Gasteiger charge is -2.34. The van der Waals surface area contributed by atoms with Crippen molar-refractivity contribution in [1.82, 2.24) is 14.8 Å². The first-order valence-electron chi connectivity index (χ1n) is 13.8. The fourth-order valence-corrected chi connectivity index (χ4v) is 4.77. The molecule has 3 N–H and O–H groups in total. The number of terminal acetylenes is 1. The SMILES string of the molecule is C#C.CCOC(=O)c1ccc(NC(=O)Nc2cccc3c(C(=O)C(=O)N4CCN(C(=O)c5ccccc5)CC4)c[nH]c23)cc1. The number of benzene rings is 3. The summed E-state index contributed by atoms with van der Waals surface area (Å²) in [6, 6.07) is 19.7. The fourth-order valence-electron chi connectivity index (χ4n) is 4.77. The molecule has 44 heavy (non-hydrogen) atoms. The minimum absolute atomic E-state index is 0.108. The molecule has 4 aromatic rings. The number of anilines is 2. The summed E-state index contributed by atoms with van der Waals surface area (Å²) >= 11 is 0. The van der Waals surface area contributed by atoms with Crippen molar-refractivity contribution in [3.63, 3.8) is 0 Å². The Kier molecular flexibility index (Phi) is 10.1. The average molecular weight is 594 g/mol. The van der Waals surface area contributed by atoms with Crippen molar-refractivity contribution in [3.8, 4) is 12.8 Å². The van der Waals surface area contributed by atoms with Crippen molar-refractivity contribution in [2.75, 3.05) is 43.4 Å². The van der Waals surface area contributed by atoms with E-state index < -0.39 is 23.7 Å². The number of H-pyrrole nitrogens is 1. The van der Waals surface area contributed by atoms with Gasteiger partial charge in [0, 0.05) is 49.0 Å². The molecule has 0 saturated carbocycles. The normalized spacial score (nSPS) is 12.4. The van der Waals surface area contributed by atoms with Gasteiger partial charge in [-0.25, -0.2) is 9.59 Å². The van der Waals surface area contributed by atoms with Gasteiger partial charge in [-0.1, -0.05) is 30.3 Å². The zero-order valence-electron chi connectivity index (χ0n) is 24.0. The number of hydrogen-bond donors (Lipinski definition) is 3. The number of carbonyl (C=O) groups is 5. The number of ether oxygens (including phenoxy) is 1. The second-order valence-electron chi connectivity index (χ2n) is 9.59. The van der Waals surface area contributed by atoms with Crippen LogP contribution in [-0.4, -0.2) is 77.2 Å². The number of urea groups is 1. The Morgan fingerprint density at radius 1 is 0.795 bits per heavy atom. The molecule has 11 heteroatoms. The third-order valence-electron chi connectivity index (χ3n) is 6.93. The molecule has 1 aliphatic rings. The molecule has 0 bridgehead atoms. The van der Waals surface area contributed by atoms with Gasteiger partial charge in [0.05, 0.1) is 28.9 Å². The van der Waals surface area contributed by atoms with Gasteiger partial charge in [-0.05, 0) is 49.4 Å². The molecule has 11 nitrogen and oxygen atoms in total. The molecular weight excluding hydrogens is 562 g/mol. The summed E-state index contributed by atoms with van der Waals surface area (Å²) in [7, 11) is 0. The number of aromatic nitrogens is 1. The molecule has 0 unspecified atom stereocenters. The number of para-hydroxylation sites is 1. The Morgan fingerprint density at radius 3 is 2.11 bits per heavy atom. The molecule has 0 aliphatic carbocycles. The molecule has 1 fully saturated rings. The Hall–Kier alpha value is -5.89. The number of piperazine rings is 1. The number of nitrogens with zero attached hydrogens (tertiary/aromatic N) is 2. The number of amides is 4. The minimum atomic E-state index is -0.674. The topological polar surface area (TPSA) is 141 Å². The maximum atomic E-state index is 13.2. The third-order valence-corrected chi connectivity index (χ3v) is 6.93. The van der Waals surface area contributed by atoms with Crippen molar-refractivity contribution < 1.29 is 28.7 Å². The van der Waals surface area contributed by atoms with Gasteiger partial charge in [-0.3, -0.25) is 14.4 Å². The highest BCUT2D eigenvalue weighted by atomic mass is 16.5. The first kappa shape index (κ1) is 31.1.